The summed E-state index contributed by atoms with van der Waals surface area (Å²) in [5.74, 6) is -0.610. The van der Waals surface area contributed by atoms with Crippen molar-refractivity contribution in [2.75, 3.05) is 13.1 Å². The Hall–Kier alpha value is -1.06. The van der Waals surface area contributed by atoms with Gasteiger partial charge in [0.15, 0.2) is 0 Å². The van der Waals surface area contributed by atoms with Crippen LogP contribution in [0.15, 0.2) is 0 Å². The van der Waals surface area contributed by atoms with Crippen molar-refractivity contribution in [2.45, 2.75) is 39.0 Å². The molecule has 1 saturated carbocycles. The fourth-order valence-electron chi connectivity index (χ4n) is 2.83. The molecule has 1 aliphatic carbocycles. The van der Waals surface area contributed by atoms with Crippen molar-refractivity contribution in [1.29, 1.82) is 0 Å². The molecule has 1 saturated heterocycles. The zero-order valence-corrected chi connectivity index (χ0v) is 10.4. The second-order valence-corrected chi connectivity index (χ2v) is 5.34. The highest BCUT2D eigenvalue weighted by molar-refractivity contribution is 5.89. The van der Waals surface area contributed by atoms with E-state index in [-0.39, 0.29) is 11.8 Å². The molecule has 1 heterocycles. The predicted molar refractivity (Wildman–Crippen MR) is 63.4 cm³/mol. The van der Waals surface area contributed by atoms with E-state index in [1.54, 1.807) is 0 Å². The maximum Gasteiger partial charge on any atom is 0.307 e. The summed E-state index contributed by atoms with van der Waals surface area (Å²) in [5.41, 5.74) is 0. The van der Waals surface area contributed by atoms with Crippen LogP contribution >= 0.6 is 0 Å². The van der Waals surface area contributed by atoms with Gasteiger partial charge in [0.05, 0.1) is 11.8 Å². The van der Waals surface area contributed by atoms with Crippen LogP contribution in [0.5, 0.6) is 0 Å². The van der Waals surface area contributed by atoms with Crippen LogP contribution < -0.4 is 0 Å². The second-order valence-electron chi connectivity index (χ2n) is 5.34. The van der Waals surface area contributed by atoms with Crippen LogP contribution in [-0.4, -0.2) is 35.0 Å². The van der Waals surface area contributed by atoms with Gasteiger partial charge in [0.2, 0.25) is 5.91 Å². The van der Waals surface area contributed by atoms with E-state index in [1.165, 1.54) is 12.8 Å². The summed E-state index contributed by atoms with van der Waals surface area (Å²) in [6.45, 7) is 3.85. The summed E-state index contributed by atoms with van der Waals surface area (Å²) in [5, 5.41) is 8.81. The number of hydrogen-bond donors (Lipinski definition) is 1. The van der Waals surface area contributed by atoms with Crippen LogP contribution in [-0.2, 0) is 9.59 Å². The summed E-state index contributed by atoms with van der Waals surface area (Å²) in [4.78, 5) is 24.6. The number of nitrogens with zero attached hydrogens (tertiary/aromatic N) is 1. The van der Waals surface area contributed by atoms with Crippen LogP contribution in [0, 0.1) is 17.8 Å². The van der Waals surface area contributed by atoms with Gasteiger partial charge in [-0.2, -0.15) is 0 Å². The topological polar surface area (TPSA) is 57.6 Å². The summed E-state index contributed by atoms with van der Waals surface area (Å²) in [6, 6.07) is 0. The Balaban J connectivity index is 1.78. The molecule has 17 heavy (non-hydrogen) atoms. The van der Waals surface area contributed by atoms with Crippen molar-refractivity contribution < 1.29 is 14.7 Å². The maximum absolute atomic E-state index is 12.0. The van der Waals surface area contributed by atoms with Crippen molar-refractivity contribution in [3.05, 3.63) is 0 Å². The predicted octanol–water partition coefficient (Wildman–Crippen LogP) is 1.75. The first-order valence-corrected chi connectivity index (χ1v) is 6.65. The summed E-state index contributed by atoms with van der Waals surface area (Å²) in [6.07, 6.45) is 5.18. The lowest BCUT2D eigenvalue weighted by Gasteiger charge is -2.32. The second kappa shape index (κ2) is 5.07. The molecule has 4 nitrogen and oxygen atoms in total. The van der Waals surface area contributed by atoms with E-state index in [0.29, 0.717) is 6.42 Å². The Labute approximate surface area is 102 Å². The third-order valence-electron chi connectivity index (χ3n) is 4.05. The fourth-order valence-corrected chi connectivity index (χ4v) is 2.83. The van der Waals surface area contributed by atoms with Crippen molar-refractivity contribution in [2.24, 2.45) is 17.8 Å². The standard InChI is InChI=1S/C13H21NO3/c1-2-3-9-4-6-14(7-5-9)12(15)10-8-11(10)13(16)17/h9-11H,2-8H2,1H3,(H,16,17)/t10-,11+/m1/s1. The molecule has 2 rings (SSSR count). The molecule has 2 aliphatic rings. The molecule has 2 atom stereocenters. The SMILES string of the molecule is CCCC1CCN(C(=O)[C@@H]2C[C@@H]2C(=O)O)CC1. The normalized spacial score (nSPS) is 29.1. The number of carbonyl (C=O) groups is 2. The van der Waals surface area contributed by atoms with E-state index in [4.69, 9.17) is 5.11 Å². The van der Waals surface area contributed by atoms with Crippen molar-refractivity contribution in [3.8, 4) is 0 Å². The van der Waals surface area contributed by atoms with Crippen LogP contribution in [0.3, 0.4) is 0 Å². The van der Waals surface area contributed by atoms with E-state index in [9.17, 15) is 9.59 Å². The first-order valence-electron chi connectivity index (χ1n) is 6.65. The van der Waals surface area contributed by atoms with Crippen LogP contribution in [0.4, 0.5) is 0 Å². The molecule has 96 valence electrons. The van der Waals surface area contributed by atoms with Gasteiger partial charge in [0.25, 0.3) is 0 Å². The minimum absolute atomic E-state index is 0.0762. The quantitative estimate of drug-likeness (QED) is 0.813. The van der Waals surface area contributed by atoms with Gasteiger partial charge < -0.3 is 10.0 Å². The molecule has 1 N–H and O–H groups in total. The number of piperidine rings is 1. The highest BCUT2D eigenvalue weighted by Gasteiger charge is 2.49. The molecule has 0 aromatic rings. The number of carbonyl (C=O) groups excluding carboxylic acids is 1. The largest absolute Gasteiger partial charge is 0.481 e. The number of aliphatic carboxylic acids is 1. The monoisotopic (exact) mass is 239 g/mol. The molecule has 4 heteroatoms. The van der Waals surface area contributed by atoms with E-state index in [2.05, 4.69) is 6.92 Å². The molecule has 2 fully saturated rings. The summed E-state index contributed by atoms with van der Waals surface area (Å²) in [7, 11) is 0. The first-order chi connectivity index (χ1) is 8.13. The highest BCUT2D eigenvalue weighted by Crippen LogP contribution is 2.40. The molecule has 0 bridgehead atoms. The molecule has 1 aliphatic heterocycles. The number of amides is 1. The van der Waals surface area contributed by atoms with Crippen LogP contribution in [0.25, 0.3) is 0 Å². The third-order valence-corrected chi connectivity index (χ3v) is 4.05. The lowest BCUT2D eigenvalue weighted by molar-refractivity contribution is -0.142. The zero-order valence-electron chi connectivity index (χ0n) is 10.4. The van der Waals surface area contributed by atoms with E-state index >= 15 is 0 Å². The minimum atomic E-state index is -0.816. The molecule has 0 aromatic heterocycles. The Morgan fingerprint density at radius 3 is 2.35 bits per heavy atom. The van der Waals surface area contributed by atoms with E-state index in [1.807, 2.05) is 4.90 Å². The highest BCUT2D eigenvalue weighted by atomic mass is 16.4. The summed E-state index contributed by atoms with van der Waals surface area (Å²) >= 11 is 0. The number of hydrogen-bond acceptors (Lipinski definition) is 2. The van der Waals surface area contributed by atoms with Crippen molar-refractivity contribution in [1.82, 2.24) is 4.90 Å². The van der Waals surface area contributed by atoms with Gasteiger partial charge >= 0.3 is 5.97 Å². The number of carboxylic acids is 1. The molecular weight excluding hydrogens is 218 g/mol. The van der Waals surface area contributed by atoms with Crippen LogP contribution in [0.1, 0.15) is 39.0 Å². The van der Waals surface area contributed by atoms with Gasteiger partial charge in [-0.3, -0.25) is 9.59 Å². The average molecular weight is 239 g/mol. The van der Waals surface area contributed by atoms with Gasteiger partial charge in [0, 0.05) is 13.1 Å². The molecule has 0 spiro atoms. The van der Waals surface area contributed by atoms with Gasteiger partial charge in [0.1, 0.15) is 0 Å². The van der Waals surface area contributed by atoms with E-state index < -0.39 is 11.9 Å². The molecule has 0 radical (unpaired) electrons. The van der Waals surface area contributed by atoms with Gasteiger partial charge in [-0.25, -0.2) is 0 Å². The molecule has 0 aromatic carbocycles. The summed E-state index contributed by atoms with van der Waals surface area (Å²) < 4.78 is 0. The number of likely N-dealkylation sites (tertiary alicyclic amines) is 1. The van der Waals surface area contributed by atoms with Gasteiger partial charge in [-0.05, 0) is 25.2 Å². The lowest BCUT2D eigenvalue weighted by atomic mass is 9.92. The fraction of sp³-hybridized carbons (Fsp3) is 0.846. The minimum Gasteiger partial charge on any atom is -0.481 e. The lowest BCUT2D eigenvalue weighted by Crippen LogP contribution is -2.39. The maximum atomic E-state index is 12.0. The number of rotatable bonds is 4. The molecule has 1 amide bonds. The Morgan fingerprint density at radius 2 is 1.88 bits per heavy atom. The van der Waals surface area contributed by atoms with E-state index in [0.717, 1.165) is 31.8 Å². The van der Waals surface area contributed by atoms with Crippen LogP contribution in [0.2, 0.25) is 0 Å². The molecule has 0 unspecified atom stereocenters. The van der Waals surface area contributed by atoms with Crippen molar-refractivity contribution >= 4 is 11.9 Å². The Morgan fingerprint density at radius 1 is 1.24 bits per heavy atom. The van der Waals surface area contributed by atoms with Gasteiger partial charge in [-0.1, -0.05) is 19.8 Å². The van der Waals surface area contributed by atoms with Crippen molar-refractivity contribution in [3.63, 3.8) is 0 Å². The smallest absolute Gasteiger partial charge is 0.307 e. The average Bonchev–Trinajstić information content (AvgIpc) is 3.09. The Bertz CT molecular complexity index is 308. The third kappa shape index (κ3) is 2.79. The van der Waals surface area contributed by atoms with Gasteiger partial charge in [-0.15, -0.1) is 0 Å². The first kappa shape index (κ1) is 12.4. The zero-order chi connectivity index (χ0) is 12.4. The molecular formula is C13H21NO3. The Kier molecular flexibility index (Phi) is 3.69. The number of carboxylic acid groups (broad SMARTS) is 1.